The predicted octanol–water partition coefficient (Wildman–Crippen LogP) is 4.10. The molecule has 2 nitrogen and oxygen atoms in total. The van der Waals surface area contributed by atoms with Crippen LogP contribution in [0.15, 0.2) is 18.2 Å². The molecule has 106 valence electrons. The average Bonchev–Trinajstić information content (AvgIpc) is 2.33. The van der Waals surface area contributed by atoms with Crippen LogP contribution >= 0.6 is 23.2 Å². The van der Waals surface area contributed by atoms with Crippen molar-refractivity contribution in [2.24, 2.45) is 5.92 Å². The maximum atomic E-state index is 10.8. The zero-order valence-electron chi connectivity index (χ0n) is 11.3. The number of rotatable bonds is 3. The molecule has 0 bridgehead atoms. The van der Waals surface area contributed by atoms with Gasteiger partial charge in [0.05, 0.1) is 11.7 Å². The number of hydrogen-bond donors (Lipinski definition) is 1. The summed E-state index contributed by atoms with van der Waals surface area (Å²) < 4.78 is 5.71. The van der Waals surface area contributed by atoms with E-state index in [2.05, 4.69) is 13.8 Å². The van der Waals surface area contributed by atoms with Crippen molar-refractivity contribution in [1.82, 2.24) is 0 Å². The van der Waals surface area contributed by atoms with Crippen LogP contribution in [0.25, 0.3) is 0 Å². The number of aliphatic hydroxyl groups is 1. The van der Waals surface area contributed by atoms with E-state index in [9.17, 15) is 5.11 Å². The van der Waals surface area contributed by atoms with Crippen LogP contribution in [0.5, 0.6) is 0 Å². The Morgan fingerprint density at radius 3 is 2.79 bits per heavy atom. The molecule has 1 N–H and O–H groups in total. The van der Waals surface area contributed by atoms with Crippen molar-refractivity contribution in [3.63, 3.8) is 0 Å². The maximum Gasteiger partial charge on any atom is 0.0735 e. The number of ether oxygens (including phenoxy) is 1. The van der Waals surface area contributed by atoms with E-state index < -0.39 is 5.60 Å². The maximum absolute atomic E-state index is 10.8. The summed E-state index contributed by atoms with van der Waals surface area (Å²) in [5.41, 5.74) is 0.211. The molecule has 4 heteroatoms. The van der Waals surface area contributed by atoms with Crippen molar-refractivity contribution in [1.29, 1.82) is 0 Å². The van der Waals surface area contributed by atoms with Crippen LogP contribution < -0.4 is 0 Å². The predicted molar refractivity (Wildman–Crippen MR) is 78.9 cm³/mol. The summed E-state index contributed by atoms with van der Waals surface area (Å²) in [4.78, 5) is 0. The van der Waals surface area contributed by atoms with Gasteiger partial charge < -0.3 is 9.84 Å². The SMILES string of the molecule is CC(C)C1CC(O)(Cc2ccc(Cl)cc2Cl)CCO1. The minimum absolute atomic E-state index is 0.116. The van der Waals surface area contributed by atoms with E-state index >= 15 is 0 Å². The highest BCUT2D eigenvalue weighted by Gasteiger charge is 2.36. The van der Waals surface area contributed by atoms with Gasteiger partial charge in [-0.2, -0.15) is 0 Å². The van der Waals surface area contributed by atoms with Crippen LogP contribution in [0.3, 0.4) is 0 Å². The second-order valence-electron chi connectivity index (χ2n) is 5.74. The van der Waals surface area contributed by atoms with Gasteiger partial charge in [-0.05, 0) is 30.0 Å². The monoisotopic (exact) mass is 302 g/mol. The van der Waals surface area contributed by atoms with E-state index in [0.29, 0.717) is 41.8 Å². The summed E-state index contributed by atoms with van der Waals surface area (Å²) in [6.45, 7) is 4.84. The Bertz CT molecular complexity index is 448. The van der Waals surface area contributed by atoms with Gasteiger partial charge in [0.25, 0.3) is 0 Å². The molecule has 19 heavy (non-hydrogen) atoms. The summed E-state index contributed by atoms with van der Waals surface area (Å²) in [5.74, 6) is 0.410. The minimum atomic E-state index is -0.731. The molecule has 1 aliphatic heterocycles. The highest BCUT2D eigenvalue weighted by Crippen LogP contribution is 2.33. The van der Waals surface area contributed by atoms with Crippen LogP contribution in [0.1, 0.15) is 32.3 Å². The Morgan fingerprint density at radius 1 is 1.42 bits per heavy atom. The second kappa shape index (κ2) is 6.01. The molecule has 2 unspecified atom stereocenters. The molecule has 0 amide bonds. The van der Waals surface area contributed by atoms with Gasteiger partial charge in [0.2, 0.25) is 0 Å². The molecular formula is C15H20Cl2O2. The first-order chi connectivity index (χ1) is 8.89. The first-order valence-corrected chi connectivity index (χ1v) is 7.43. The van der Waals surface area contributed by atoms with Gasteiger partial charge in [-0.3, -0.25) is 0 Å². The van der Waals surface area contributed by atoms with Gasteiger partial charge in [-0.25, -0.2) is 0 Å². The fraction of sp³-hybridized carbons (Fsp3) is 0.600. The fourth-order valence-electron chi connectivity index (χ4n) is 2.54. The third-order valence-electron chi connectivity index (χ3n) is 3.76. The first kappa shape index (κ1) is 15.1. The molecule has 1 aromatic carbocycles. The van der Waals surface area contributed by atoms with Gasteiger partial charge in [-0.15, -0.1) is 0 Å². The molecule has 1 heterocycles. The number of hydrogen-bond acceptors (Lipinski definition) is 2. The van der Waals surface area contributed by atoms with Gasteiger partial charge in [0.15, 0.2) is 0 Å². The van der Waals surface area contributed by atoms with E-state index in [0.717, 1.165) is 5.56 Å². The summed E-state index contributed by atoms with van der Waals surface area (Å²) in [6, 6.07) is 5.43. The Balaban J connectivity index is 2.12. The lowest BCUT2D eigenvalue weighted by Gasteiger charge is -2.38. The lowest BCUT2D eigenvalue weighted by atomic mass is 9.82. The lowest BCUT2D eigenvalue weighted by molar-refractivity contribution is -0.116. The van der Waals surface area contributed by atoms with Crippen molar-refractivity contribution in [2.45, 2.75) is 44.8 Å². The molecule has 2 rings (SSSR count). The molecule has 0 aliphatic carbocycles. The third-order valence-corrected chi connectivity index (χ3v) is 4.35. The van der Waals surface area contributed by atoms with Crippen molar-refractivity contribution < 1.29 is 9.84 Å². The summed E-state index contributed by atoms with van der Waals surface area (Å²) in [5, 5.41) is 12.0. The zero-order chi connectivity index (χ0) is 14.0. The van der Waals surface area contributed by atoms with E-state index in [1.165, 1.54) is 0 Å². The highest BCUT2D eigenvalue weighted by atomic mass is 35.5. The van der Waals surface area contributed by atoms with E-state index in [4.69, 9.17) is 27.9 Å². The molecule has 1 saturated heterocycles. The lowest BCUT2D eigenvalue weighted by Crippen LogP contribution is -2.44. The standard InChI is InChI=1S/C15H20Cl2O2/c1-10(2)14-9-15(18,5-6-19-14)8-11-3-4-12(16)7-13(11)17/h3-4,7,10,14,18H,5-6,8-9H2,1-2H3. The normalized spacial score (nSPS) is 27.8. The summed E-state index contributed by atoms with van der Waals surface area (Å²) in [7, 11) is 0. The Morgan fingerprint density at radius 2 is 2.16 bits per heavy atom. The average molecular weight is 303 g/mol. The van der Waals surface area contributed by atoms with Crippen LogP contribution in [0.2, 0.25) is 10.0 Å². The Labute approximate surface area is 124 Å². The van der Waals surface area contributed by atoms with Crippen LogP contribution in [0.4, 0.5) is 0 Å². The van der Waals surface area contributed by atoms with Crippen molar-refractivity contribution in [2.75, 3.05) is 6.61 Å². The van der Waals surface area contributed by atoms with Gasteiger partial charge in [0, 0.05) is 29.5 Å². The van der Waals surface area contributed by atoms with Crippen LogP contribution in [-0.2, 0) is 11.2 Å². The summed E-state index contributed by atoms with van der Waals surface area (Å²) in [6.07, 6.45) is 1.97. The first-order valence-electron chi connectivity index (χ1n) is 6.67. The highest BCUT2D eigenvalue weighted by molar-refractivity contribution is 6.35. The van der Waals surface area contributed by atoms with E-state index in [1.807, 2.05) is 12.1 Å². The van der Waals surface area contributed by atoms with Crippen LogP contribution in [-0.4, -0.2) is 23.4 Å². The molecule has 0 saturated carbocycles. The van der Waals surface area contributed by atoms with E-state index in [-0.39, 0.29) is 6.10 Å². The summed E-state index contributed by atoms with van der Waals surface area (Å²) >= 11 is 12.1. The van der Waals surface area contributed by atoms with Gasteiger partial charge >= 0.3 is 0 Å². The fourth-order valence-corrected chi connectivity index (χ4v) is 3.02. The molecule has 1 aromatic rings. The molecule has 0 aromatic heterocycles. The molecule has 1 aliphatic rings. The van der Waals surface area contributed by atoms with Crippen molar-refractivity contribution in [3.05, 3.63) is 33.8 Å². The van der Waals surface area contributed by atoms with E-state index in [1.54, 1.807) is 6.07 Å². The number of halogens is 2. The third kappa shape index (κ3) is 3.85. The molecule has 0 radical (unpaired) electrons. The molecule has 0 spiro atoms. The minimum Gasteiger partial charge on any atom is -0.389 e. The molecule has 2 atom stereocenters. The Kier molecular flexibility index (Phi) is 4.78. The Hall–Kier alpha value is -0.280. The van der Waals surface area contributed by atoms with Gasteiger partial charge in [-0.1, -0.05) is 43.1 Å². The van der Waals surface area contributed by atoms with Gasteiger partial charge in [0.1, 0.15) is 0 Å². The molecular weight excluding hydrogens is 283 g/mol. The number of benzene rings is 1. The second-order valence-corrected chi connectivity index (χ2v) is 6.59. The largest absolute Gasteiger partial charge is 0.389 e. The molecule has 1 fully saturated rings. The van der Waals surface area contributed by atoms with Crippen molar-refractivity contribution in [3.8, 4) is 0 Å². The van der Waals surface area contributed by atoms with Crippen molar-refractivity contribution >= 4 is 23.2 Å². The zero-order valence-corrected chi connectivity index (χ0v) is 12.8. The topological polar surface area (TPSA) is 29.5 Å². The smallest absolute Gasteiger partial charge is 0.0735 e. The quantitative estimate of drug-likeness (QED) is 0.911. The van der Waals surface area contributed by atoms with Crippen LogP contribution in [0, 0.1) is 5.92 Å².